The maximum absolute atomic E-state index is 11.6. The minimum Gasteiger partial charge on any atom is -0.478 e. The maximum atomic E-state index is 11.6. The fourth-order valence-corrected chi connectivity index (χ4v) is 2.86. The monoisotopic (exact) mass is 208 g/mol. The molecule has 0 aromatic rings. The van der Waals surface area contributed by atoms with E-state index >= 15 is 0 Å². The third-order valence-corrected chi connectivity index (χ3v) is 3.74. The summed E-state index contributed by atoms with van der Waals surface area (Å²) in [7, 11) is 0. The summed E-state index contributed by atoms with van der Waals surface area (Å²) in [6.07, 6.45) is 4.96. The molecule has 0 spiro atoms. The second-order valence-corrected chi connectivity index (χ2v) is 4.55. The lowest BCUT2D eigenvalue weighted by atomic mass is 9.75. The van der Waals surface area contributed by atoms with Crippen molar-refractivity contribution >= 4 is 11.8 Å². The van der Waals surface area contributed by atoms with E-state index in [1.54, 1.807) is 0 Å². The number of carbonyl (C=O) groups excluding carboxylic acids is 1. The lowest BCUT2D eigenvalue weighted by molar-refractivity contribution is -0.133. The van der Waals surface area contributed by atoms with Gasteiger partial charge in [0.15, 0.2) is 0 Å². The molecule has 0 aromatic heterocycles. The van der Waals surface area contributed by atoms with E-state index in [2.05, 4.69) is 0 Å². The minimum absolute atomic E-state index is 0.00204. The molecular weight excluding hydrogens is 192 g/mol. The van der Waals surface area contributed by atoms with Gasteiger partial charge < -0.3 is 5.11 Å². The highest BCUT2D eigenvalue weighted by molar-refractivity contribution is 5.92. The second-order valence-electron chi connectivity index (χ2n) is 4.55. The van der Waals surface area contributed by atoms with E-state index in [1.165, 1.54) is 0 Å². The topological polar surface area (TPSA) is 54.4 Å². The first-order chi connectivity index (χ1) is 7.13. The first-order valence-electron chi connectivity index (χ1n) is 5.61. The van der Waals surface area contributed by atoms with Crippen LogP contribution in [0.25, 0.3) is 0 Å². The summed E-state index contributed by atoms with van der Waals surface area (Å²) in [5.74, 6) is -0.300. The maximum Gasteiger partial charge on any atom is 0.331 e. The fraction of sp³-hybridized carbons (Fsp3) is 0.667. The van der Waals surface area contributed by atoms with Gasteiger partial charge in [-0.15, -0.1) is 0 Å². The van der Waals surface area contributed by atoms with Crippen molar-refractivity contribution in [3.63, 3.8) is 0 Å². The lowest BCUT2D eigenvalue weighted by Gasteiger charge is -2.28. The van der Waals surface area contributed by atoms with Gasteiger partial charge in [0.25, 0.3) is 0 Å². The number of fused-ring (bicyclic) bond motifs is 1. The first-order valence-corrected chi connectivity index (χ1v) is 5.61. The Hall–Kier alpha value is -1.12. The molecular formula is C12H16O3. The Morgan fingerprint density at radius 3 is 2.87 bits per heavy atom. The van der Waals surface area contributed by atoms with Gasteiger partial charge in [-0.2, -0.15) is 0 Å². The molecule has 15 heavy (non-hydrogen) atoms. The van der Waals surface area contributed by atoms with Crippen molar-refractivity contribution in [3.8, 4) is 0 Å². The summed E-state index contributed by atoms with van der Waals surface area (Å²) in [6.45, 7) is 2.04. The van der Waals surface area contributed by atoms with Crippen molar-refractivity contribution in [2.75, 3.05) is 0 Å². The third-order valence-electron chi connectivity index (χ3n) is 3.74. The normalized spacial score (nSPS) is 34.9. The summed E-state index contributed by atoms with van der Waals surface area (Å²) in [4.78, 5) is 22.7. The van der Waals surface area contributed by atoms with Crippen LogP contribution in [-0.2, 0) is 9.59 Å². The fourth-order valence-electron chi connectivity index (χ4n) is 2.86. The highest BCUT2D eigenvalue weighted by Crippen LogP contribution is 2.43. The number of hydrogen-bond acceptors (Lipinski definition) is 2. The number of carboxylic acids is 1. The van der Waals surface area contributed by atoms with Crippen molar-refractivity contribution in [2.45, 2.75) is 32.6 Å². The Morgan fingerprint density at radius 1 is 1.53 bits per heavy atom. The van der Waals surface area contributed by atoms with Gasteiger partial charge in [0, 0.05) is 23.8 Å². The van der Waals surface area contributed by atoms with Crippen molar-refractivity contribution in [1.82, 2.24) is 0 Å². The molecule has 1 saturated carbocycles. The Balaban J connectivity index is 2.30. The van der Waals surface area contributed by atoms with Gasteiger partial charge in [-0.05, 0) is 25.2 Å². The Labute approximate surface area is 89.2 Å². The molecule has 0 unspecified atom stereocenters. The van der Waals surface area contributed by atoms with Gasteiger partial charge in [-0.25, -0.2) is 4.79 Å². The predicted molar refractivity (Wildman–Crippen MR) is 55.3 cm³/mol. The molecule has 2 rings (SSSR count). The number of hydrogen-bond donors (Lipinski definition) is 1. The Bertz CT molecular complexity index is 330. The lowest BCUT2D eigenvalue weighted by Crippen LogP contribution is -2.27. The van der Waals surface area contributed by atoms with Crippen LogP contribution >= 0.6 is 0 Å². The van der Waals surface area contributed by atoms with Crippen LogP contribution < -0.4 is 0 Å². The number of carbonyl (C=O) groups is 2. The average molecular weight is 208 g/mol. The standard InChI is InChI=1S/C12H16O3/c1-2-7-5-9-8(3-4-11(9)13)10(6-7)12(14)15/h6-9H,2-5H2,1H3,(H,14,15)/t7-,8-,9-/m0/s1. The molecule has 2 aliphatic rings. The van der Waals surface area contributed by atoms with Gasteiger partial charge in [0.1, 0.15) is 5.78 Å². The predicted octanol–water partition coefficient (Wildman–Crippen LogP) is 2.02. The van der Waals surface area contributed by atoms with E-state index < -0.39 is 5.97 Å². The van der Waals surface area contributed by atoms with E-state index in [9.17, 15) is 9.59 Å². The zero-order valence-corrected chi connectivity index (χ0v) is 8.90. The summed E-state index contributed by atoms with van der Waals surface area (Å²) in [5.41, 5.74) is 0.490. The third kappa shape index (κ3) is 1.71. The molecule has 1 fully saturated rings. The van der Waals surface area contributed by atoms with Crippen LogP contribution in [0, 0.1) is 17.8 Å². The SMILES string of the molecule is CC[C@@H]1C=C(C(=O)O)[C@H]2CCC(=O)[C@H]2C1. The smallest absolute Gasteiger partial charge is 0.331 e. The molecule has 0 aromatic carbocycles. The van der Waals surface area contributed by atoms with E-state index in [4.69, 9.17) is 5.11 Å². The summed E-state index contributed by atoms with van der Waals surface area (Å²) in [5, 5.41) is 9.11. The summed E-state index contributed by atoms with van der Waals surface area (Å²) < 4.78 is 0. The van der Waals surface area contributed by atoms with Crippen LogP contribution in [0.2, 0.25) is 0 Å². The molecule has 0 radical (unpaired) electrons. The van der Waals surface area contributed by atoms with Gasteiger partial charge in [-0.1, -0.05) is 13.0 Å². The van der Waals surface area contributed by atoms with E-state index in [0.29, 0.717) is 12.0 Å². The van der Waals surface area contributed by atoms with E-state index in [-0.39, 0.29) is 23.5 Å². The quantitative estimate of drug-likeness (QED) is 0.755. The summed E-state index contributed by atoms with van der Waals surface area (Å²) >= 11 is 0. The summed E-state index contributed by atoms with van der Waals surface area (Å²) in [6, 6.07) is 0. The van der Waals surface area contributed by atoms with E-state index in [1.807, 2.05) is 13.0 Å². The number of carboxylic acid groups (broad SMARTS) is 1. The molecule has 0 heterocycles. The van der Waals surface area contributed by atoms with Gasteiger partial charge in [0.05, 0.1) is 0 Å². The number of ketones is 1. The molecule has 1 N–H and O–H groups in total. The number of allylic oxidation sites excluding steroid dienone is 1. The van der Waals surface area contributed by atoms with Crippen LogP contribution in [0.1, 0.15) is 32.6 Å². The Morgan fingerprint density at radius 2 is 2.27 bits per heavy atom. The molecule has 0 amide bonds. The Kier molecular flexibility index (Phi) is 2.63. The number of Topliss-reactive ketones (excluding diaryl/α,β-unsaturated/α-hetero) is 1. The van der Waals surface area contributed by atoms with Gasteiger partial charge >= 0.3 is 5.97 Å². The molecule has 3 atom stereocenters. The number of rotatable bonds is 2. The molecule has 0 saturated heterocycles. The number of aliphatic carboxylic acids is 1. The van der Waals surface area contributed by atoms with Crippen LogP contribution in [0.3, 0.4) is 0 Å². The van der Waals surface area contributed by atoms with Crippen molar-refractivity contribution in [3.05, 3.63) is 11.6 Å². The minimum atomic E-state index is -0.835. The van der Waals surface area contributed by atoms with E-state index in [0.717, 1.165) is 19.3 Å². The average Bonchev–Trinajstić information content (AvgIpc) is 2.59. The van der Waals surface area contributed by atoms with Crippen LogP contribution in [0.4, 0.5) is 0 Å². The second kappa shape index (κ2) is 3.80. The molecule has 2 aliphatic carbocycles. The highest BCUT2D eigenvalue weighted by Gasteiger charge is 2.42. The molecule has 3 nitrogen and oxygen atoms in total. The van der Waals surface area contributed by atoms with Crippen molar-refractivity contribution in [2.24, 2.45) is 17.8 Å². The molecule has 82 valence electrons. The van der Waals surface area contributed by atoms with Gasteiger partial charge in [0.2, 0.25) is 0 Å². The molecule has 0 aliphatic heterocycles. The van der Waals surface area contributed by atoms with Crippen molar-refractivity contribution in [1.29, 1.82) is 0 Å². The molecule has 3 heteroatoms. The highest BCUT2D eigenvalue weighted by atomic mass is 16.4. The van der Waals surface area contributed by atoms with Crippen LogP contribution in [0.15, 0.2) is 11.6 Å². The molecule has 0 bridgehead atoms. The van der Waals surface area contributed by atoms with Gasteiger partial charge in [-0.3, -0.25) is 4.79 Å². The van der Waals surface area contributed by atoms with Crippen molar-refractivity contribution < 1.29 is 14.7 Å². The van der Waals surface area contributed by atoms with Crippen LogP contribution in [0.5, 0.6) is 0 Å². The largest absolute Gasteiger partial charge is 0.478 e. The zero-order valence-electron chi connectivity index (χ0n) is 8.90. The first kappa shape index (κ1) is 10.4. The van der Waals surface area contributed by atoms with Crippen LogP contribution in [-0.4, -0.2) is 16.9 Å². The zero-order chi connectivity index (χ0) is 11.0.